The summed E-state index contributed by atoms with van der Waals surface area (Å²) in [5.41, 5.74) is 1.39. The summed E-state index contributed by atoms with van der Waals surface area (Å²) >= 11 is 0. The summed E-state index contributed by atoms with van der Waals surface area (Å²) in [7, 11) is 0. The van der Waals surface area contributed by atoms with Crippen LogP contribution in [0.2, 0.25) is 0 Å². The number of hydrogen-bond acceptors (Lipinski definition) is 1. The second-order valence-electron chi connectivity index (χ2n) is 3.02. The Morgan fingerprint density at radius 2 is 1.93 bits per heavy atom. The fourth-order valence-corrected chi connectivity index (χ4v) is 1.43. The Morgan fingerprint density at radius 3 is 2.57 bits per heavy atom. The summed E-state index contributed by atoms with van der Waals surface area (Å²) in [6.45, 7) is -0.161. The van der Waals surface area contributed by atoms with E-state index in [0.29, 0.717) is 5.56 Å². The van der Waals surface area contributed by atoms with E-state index in [1.807, 2.05) is 29.1 Å². The van der Waals surface area contributed by atoms with Crippen molar-refractivity contribution in [3.8, 4) is 5.69 Å². The lowest BCUT2D eigenvalue weighted by atomic mass is 10.2. The molecule has 0 atom stereocenters. The summed E-state index contributed by atoms with van der Waals surface area (Å²) in [6, 6.07) is 8.14. The average molecular weight is 191 g/mol. The van der Waals surface area contributed by atoms with Crippen LogP contribution in [0.1, 0.15) is 5.56 Å². The van der Waals surface area contributed by atoms with Gasteiger partial charge >= 0.3 is 0 Å². The molecule has 1 heterocycles. The molecular formula is C11H10FNO. The monoisotopic (exact) mass is 191 g/mol. The lowest BCUT2D eigenvalue weighted by molar-refractivity contribution is 0.281. The van der Waals surface area contributed by atoms with Crippen LogP contribution in [-0.2, 0) is 6.61 Å². The number of benzene rings is 1. The van der Waals surface area contributed by atoms with Gasteiger partial charge in [0.05, 0.1) is 12.3 Å². The smallest absolute Gasteiger partial charge is 0.123 e. The van der Waals surface area contributed by atoms with Crippen molar-refractivity contribution >= 4 is 0 Å². The fourth-order valence-electron chi connectivity index (χ4n) is 1.43. The third kappa shape index (κ3) is 1.54. The molecule has 0 amide bonds. The molecule has 3 heteroatoms. The van der Waals surface area contributed by atoms with E-state index in [9.17, 15) is 4.39 Å². The molecule has 1 N–H and O–H groups in total. The highest BCUT2D eigenvalue weighted by Gasteiger charge is 2.03. The van der Waals surface area contributed by atoms with E-state index in [1.165, 1.54) is 12.1 Å². The molecule has 1 aromatic heterocycles. The number of hydrogen-bond donors (Lipinski definition) is 1. The van der Waals surface area contributed by atoms with E-state index in [0.717, 1.165) is 5.69 Å². The molecule has 0 saturated carbocycles. The van der Waals surface area contributed by atoms with Crippen LogP contribution in [0.5, 0.6) is 0 Å². The van der Waals surface area contributed by atoms with Gasteiger partial charge in [0.2, 0.25) is 0 Å². The number of aromatic nitrogens is 1. The first-order valence-electron chi connectivity index (χ1n) is 4.34. The van der Waals surface area contributed by atoms with Gasteiger partial charge in [0.25, 0.3) is 0 Å². The van der Waals surface area contributed by atoms with Crippen LogP contribution < -0.4 is 0 Å². The zero-order chi connectivity index (χ0) is 9.97. The number of aliphatic hydroxyl groups excluding tert-OH is 1. The second-order valence-corrected chi connectivity index (χ2v) is 3.02. The molecule has 0 unspecified atom stereocenters. The number of nitrogens with zero attached hydrogens (tertiary/aromatic N) is 1. The lowest BCUT2D eigenvalue weighted by Gasteiger charge is -2.08. The van der Waals surface area contributed by atoms with Gasteiger partial charge in [-0.15, -0.1) is 0 Å². The molecule has 0 bridgehead atoms. The molecular weight excluding hydrogens is 181 g/mol. The largest absolute Gasteiger partial charge is 0.392 e. The number of rotatable bonds is 2. The summed E-state index contributed by atoms with van der Waals surface area (Å²) < 4.78 is 14.7. The molecule has 0 aliphatic carbocycles. The maximum Gasteiger partial charge on any atom is 0.123 e. The van der Waals surface area contributed by atoms with Gasteiger partial charge in [0, 0.05) is 18.0 Å². The Morgan fingerprint density at radius 1 is 1.21 bits per heavy atom. The maximum absolute atomic E-state index is 12.9. The van der Waals surface area contributed by atoms with Crippen LogP contribution in [0.15, 0.2) is 42.7 Å². The minimum atomic E-state index is -0.329. The molecule has 0 aliphatic rings. The maximum atomic E-state index is 12.9. The van der Waals surface area contributed by atoms with E-state index in [4.69, 9.17) is 5.11 Å². The van der Waals surface area contributed by atoms with Gasteiger partial charge in [-0.25, -0.2) is 4.39 Å². The highest BCUT2D eigenvalue weighted by Crippen LogP contribution is 2.16. The average Bonchev–Trinajstić information content (AvgIpc) is 2.70. The Bertz CT molecular complexity index is 423. The molecule has 0 aliphatic heterocycles. The lowest BCUT2D eigenvalue weighted by Crippen LogP contribution is -1.97. The summed E-state index contributed by atoms with van der Waals surface area (Å²) in [5, 5.41) is 9.06. The van der Waals surface area contributed by atoms with E-state index in [-0.39, 0.29) is 12.4 Å². The highest BCUT2D eigenvalue weighted by molar-refractivity contribution is 5.41. The molecule has 0 saturated heterocycles. The van der Waals surface area contributed by atoms with Crippen molar-refractivity contribution in [3.63, 3.8) is 0 Å². The van der Waals surface area contributed by atoms with Gasteiger partial charge in [0.15, 0.2) is 0 Å². The first-order chi connectivity index (χ1) is 6.81. The molecule has 2 nitrogen and oxygen atoms in total. The highest BCUT2D eigenvalue weighted by atomic mass is 19.1. The third-order valence-corrected chi connectivity index (χ3v) is 2.09. The van der Waals surface area contributed by atoms with Crippen LogP contribution in [0.4, 0.5) is 4.39 Å². The first kappa shape index (κ1) is 8.97. The molecule has 0 fully saturated rings. The van der Waals surface area contributed by atoms with Crippen LogP contribution in [0, 0.1) is 5.82 Å². The van der Waals surface area contributed by atoms with Crippen molar-refractivity contribution < 1.29 is 9.50 Å². The third-order valence-electron chi connectivity index (χ3n) is 2.09. The topological polar surface area (TPSA) is 25.2 Å². The Kier molecular flexibility index (Phi) is 2.33. The van der Waals surface area contributed by atoms with E-state index >= 15 is 0 Å². The zero-order valence-electron chi connectivity index (χ0n) is 7.52. The summed E-state index contributed by atoms with van der Waals surface area (Å²) in [4.78, 5) is 0. The van der Waals surface area contributed by atoms with Gasteiger partial charge in [0.1, 0.15) is 5.82 Å². The Labute approximate surface area is 81.2 Å². The van der Waals surface area contributed by atoms with Gasteiger partial charge in [-0.05, 0) is 30.3 Å². The molecule has 2 aromatic rings. The van der Waals surface area contributed by atoms with Crippen LogP contribution in [0.25, 0.3) is 5.69 Å². The van der Waals surface area contributed by atoms with Crippen molar-refractivity contribution in [1.29, 1.82) is 0 Å². The SMILES string of the molecule is OCc1cc(F)ccc1-n1cccc1. The van der Waals surface area contributed by atoms with Gasteiger partial charge < -0.3 is 9.67 Å². The Hall–Kier alpha value is -1.61. The molecule has 2 rings (SSSR count). The van der Waals surface area contributed by atoms with Crippen molar-refractivity contribution in [2.45, 2.75) is 6.61 Å². The summed E-state index contributed by atoms with van der Waals surface area (Å²) in [5.74, 6) is -0.329. The van der Waals surface area contributed by atoms with Crippen LogP contribution >= 0.6 is 0 Å². The normalized spacial score (nSPS) is 10.4. The first-order valence-corrected chi connectivity index (χ1v) is 4.34. The molecule has 0 radical (unpaired) electrons. The summed E-state index contributed by atoms with van der Waals surface area (Å²) in [6.07, 6.45) is 3.71. The van der Waals surface area contributed by atoms with Crippen molar-refractivity contribution in [2.24, 2.45) is 0 Å². The van der Waals surface area contributed by atoms with Crippen LogP contribution in [-0.4, -0.2) is 9.67 Å². The molecule has 72 valence electrons. The van der Waals surface area contributed by atoms with Gasteiger partial charge in [-0.1, -0.05) is 0 Å². The molecule has 0 spiro atoms. The van der Waals surface area contributed by atoms with Crippen molar-refractivity contribution in [3.05, 3.63) is 54.1 Å². The van der Waals surface area contributed by atoms with Crippen molar-refractivity contribution in [2.75, 3.05) is 0 Å². The van der Waals surface area contributed by atoms with E-state index in [2.05, 4.69) is 0 Å². The van der Waals surface area contributed by atoms with Crippen molar-refractivity contribution in [1.82, 2.24) is 4.57 Å². The standard InChI is InChI=1S/C11H10FNO/c12-10-3-4-11(9(7-10)8-14)13-5-1-2-6-13/h1-7,14H,8H2. The quantitative estimate of drug-likeness (QED) is 0.772. The predicted octanol–water partition coefficient (Wildman–Crippen LogP) is 2.11. The predicted molar refractivity (Wildman–Crippen MR) is 51.6 cm³/mol. The zero-order valence-corrected chi connectivity index (χ0v) is 7.52. The van der Waals surface area contributed by atoms with Gasteiger partial charge in [-0.2, -0.15) is 0 Å². The van der Waals surface area contributed by atoms with Crippen LogP contribution in [0.3, 0.4) is 0 Å². The number of aliphatic hydroxyl groups is 1. The second kappa shape index (κ2) is 3.64. The molecule has 1 aromatic carbocycles. The number of halogens is 1. The molecule has 14 heavy (non-hydrogen) atoms. The minimum Gasteiger partial charge on any atom is -0.392 e. The fraction of sp³-hybridized carbons (Fsp3) is 0.0909. The van der Waals surface area contributed by atoms with Gasteiger partial charge in [-0.3, -0.25) is 0 Å². The Balaban J connectivity index is 2.53. The van der Waals surface area contributed by atoms with E-state index < -0.39 is 0 Å². The van der Waals surface area contributed by atoms with E-state index in [1.54, 1.807) is 6.07 Å². The minimum absolute atomic E-state index is 0.161.